The van der Waals surface area contributed by atoms with Crippen LogP contribution in [0.2, 0.25) is 0 Å². The number of hydrogen-bond donors (Lipinski definition) is 2. The highest BCUT2D eigenvalue weighted by molar-refractivity contribution is 5.92. The van der Waals surface area contributed by atoms with Crippen molar-refractivity contribution in [2.45, 2.75) is 19.5 Å². The molecule has 0 spiro atoms. The molecule has 2 aromatic heterocycles. The van der Waals surface area contributed by atoms with Gasteiger partial charge in [-0.25, -0.2) is 0 Å². The van der Waals surface area contributed by atoms with Crippen molar-refractivity contribution in [1.29, 1.82) is 0 Å². The molecule has 0 fully saturated rings. The minimum Gasteiger partial charge on any atom is -0.357 e. The van der Waals surface area contributed by atoms with Crippen LogP contribution in [0.25, 0.3) is 0 Å². The van der Waals surface area contributed by atoms with Crippen LogP contribution in [0.1, 0.15) is 34.6 Å². The largest absolute Gasteiger partial charge is 0.357 e. The Morgan fingerprint density at radius 2 is 2.09 bits per heavy atom. The molecule has 1 aromatic carbocycles. The van der Waals surface area contributed by atoms with Crippen LogP contribution < -0.4 is 5.32 Å². The molecular formula is C17H18N4O. The molecule has 22 heavy (non-hydrogen) atoms. The molecule has 0 aliphatic rings. The number of carbonyl (C=O) groups excluding carboxylic acids is 1. The summed E-state index contributed by atoms with van der Waals surface area (Å²) in [5, 5.41) is 7.31. The lowest BCUT2D eigenvalue weighted by Crippen LogP contribution is -2.26. The Labute approximate surface area is 129 Å². The second-order valence-corrected chi connectivity index (χ2v) is 5.24. The van der Waals surface area contributed by atoms with Gasteiger partial charge in [0.15, 0.2) is 0 Å². The summed E-state index contributed by atoms with van der Waals surface area (Å²) in [6.07, 6.45) is 5.49. The monoisotopic (exact) mass is 294 g/mol. The highest BCUT2D eigenvalue weighted by atomic mass is 16.1. The summed E-state index contributed by atoms with van der Waals surface area (Å²) in [5.41, 5.74) is 2.74. The molecule has 0 radical (unpaired) electrons. The molecule has 1 atom stereocenters. The fourth-order valence-corrected chi connectivity index (χ4v) is 2.29. The molecule has 0 bridgehead atoms. The van der Waals surface area contributed by atoms with E-state index < -0.39 is 0 Å². The van der Waals surface area contributed by atoms with Gasteiger partial charge in [-0.3, -0.25) is 9.48 Å². The molecule has 2 heterocycles. The van der Waals surface area contributed by atoms with Gasteiger partial charge < -0.3 is 10.3 Å². The second kappa shape index (κ2) is 6.30. The van der Waals surface area contributed by atoms with E-state index in [2.05, 4.69) is 27.5 Å². The normalized spacial score (nSPS) is 12.0. The zero-order chi connectivity index (χ0) is 15.4. The van der Waals surface area contributed by atoms with Crippen LogP contribution in [0.3, 0.4) is 0 Å². The minimum atomic E-state index is -0.117. The predicted molar refractivity (Wildman–Crippen MR) is 84.4 cm³/mol. The van der Waals surface area contributed by atoms with E-state index in [1.54, 1.807) is 24.5 Å². The van der Waals surface area contributed by atoms with E-state index in [0.29, 0.717) is 5.69 Å². The lowest BCUT2D eigenvalue weighted by Gasteiger charge is -2.11. The SMILES string of the molecule is C[C@H](NC(=O)c1ccc[nH]1)c1cnn(Cc2ccccc2)c1. The molecule has 5 heteroatoms. The predicted octanol–water partition coefficient (Wildman–Crippen LogP) is 2.75. The third-order valence-corrected chi connectivity index (χ3v) is 3.53. The van der Waals surface area contributed by atoms with Crippen LogP contribution in [0, 0.1) is 0 Å². The maximum absolute atomic E-state index is 12.0. The average Bonchev–Trinajstić information content (AvgIpc) is 3.19. The summed E-state index contributed by atoms with van der Waals surface area (Å²) in [7, 11) is 0. The first kappa shape index (κ1) is 14.1. The Kier molecular flexibility index (Phi) is 4.05. The number of hydrogen-bond acceptors (Lipinski definition) is 2. The van der Waals surface area contributed by atoms with Gasteiger partial charge in [-0.05, 0) is 24.6 Å². The molecule has 5 nitrogen and oxygen atoms in total. The van der Waals surface area contributed by atoms with Gasteiger partial charge in [0.2, 0.25) is 0 Å². The molecule has 3 aromatic rings. The highest BCUT2D eigenvalue weighted by Gasteiger charge is 2.13. The van der Waals surface area contributed by atoms with Crippen molar-refractivity contribution >= 4 is 5.91 Å². The van der Waals surface area contributed by atoms with Crippen molar-refractivity contribution in [1.82, 2.24) is 20.1 Å². The second-order valence-electron chi connectivity index (χ2n) is 5.24. The van der Waals surface area contributed by atoms with Crippen LogP contribution in [-0.2, 0) is 6.54 Å². The van der Waals surface area contributed by atoms with Crippen LogP contribution in [-0.4, -0.2) is 20.7 Å². The summed E-state index contributed by atoms with van der Waals surface area (Å²) < 4.78 is 1.88. The summed E-state index contributed by atoms with van der Waals surface area (Å²) in [6, 6.07) is 13.6. The number of H-pyrrole nitrogens is 1. The van der Waals surface area contributed by atoms with Gasteiger partial charge in [-0.15, -0.1) is 0 Å². The lowest BCUT2D eigenvalue weighted by molar-refractivity contribution is 0.0935. The Balaban J connectivity index is 1.64. The van der Waals surface area contributed by atoms with Crippen molar-refractivity contribution in [2.75, 3.05) is 0 Å². The number of nitrogens with one attached hydrogen (secondary N) is 2. The smallest absolute Gasteiger partial charge is 0.268 e. The maximum atomic E-state index is 12.0. The average molecular weight is 294 g/mol. The highest BCUT2D eigenvalue weighted by Crippen LogP contribution is 2.13. The Morgan fingerprint density at radius 3 is 2.82 bits per heavy atom. The van der Waals surface area contributed by atoms with Gasteiger partial charge in [0.1, 0.15) is 5.69 Å². The van der Waals surface area contributed by atoms with Crippen LogP contribution in [0.5, 0.6) is 0 Å². The van der Waals surface area contributed by atoms with Gasteiger partial charge in [-0.1, -0.05) is 30.3 Å². The number of aromatic nitrogens is 3. The number of carbonyl (C=O) groups is 1. The third kappa shape index (κ3) is 3.25. The quantitative estimate of drug-likeness (QED) is 0.760. The van der Waals surface area contributed by atoms with E-state index in [1.165, 1.54) is 5.56 Å². The van der Waals surface area contributed by atoms with E-state index in [-0.39, 0.29) is 11.9 Å². The summed E-state index contributed by atoms with van der Waals surface area (Å²) >= 11 is 0. The van der Waals surface area contributed by atoms with E-state index >= 15 is 0 Å². The molecule has 112 valence electrons. The number of nitrogens with zero attached hydrogens (tertiary/aromatic N) is 2. The summed E-state index contributed by atoms with van der Waals surface area (Å²) in [5.74, 6) is -0.117. The molecule has 3 rings (SSSR count). The summed E-state index contributed by atoms with van der Waals surface area (Å²) in [4.78, 5) is 14.9. The topological polar surface area (TPSA) is 62.7 Å². The molecule has 0 aliphatic heterocycles. The van der Waals surface area contributed by atoms with Crippen molar-refractivity contribution < 1.29 is 4.79 Å². The Bertz CT molecular complexity index is 731. The van der Waals surface area contributed by atoms with Crippen molar-refractivity contribution in [2.24, 2.45) is 0 Å². The number of rotatable bonds is 5. The zero-order valence-corrected chi connectivity index (χ0v) is 12.4. The Morgan fingerprint density at radius 1 is 1.27 bits per heavy atom. The maximum Gasteiger partial charge on any atom is 0.268 e. The van der Waals surface area contributed by atoms with Gasteiger partial charge in [0.05, 0.1) is 18.8 Å². The summed E-state index contributed by atoms with van der Waals surface area (Å²) in [6.45, 7) is 2.67. The third-order valence-electron chi connectivity index (χ3n) is 3.53. The van der Waals surface area contributed by atoms with E-state index in [9.17, 15) is 4.79 Å². The number of aromatic amines is 1. The first-order chi connectivity index (χ1) is 10.7. The van der Waals surface area contributed by atoms with E-state index in [1.807, 2.05) is 36.0 Å². The molecule has 0 saturated heterocycles. The van der Waals surface area contributed by atoms with Crippen LogP contribution in [0.15, 0.2) is 61.1 Å². The molecule has 2 N–H and O–H groups in total. The van der Waals surface area contributed by atoms with E-state index in [0.717, 1.165) is 12.1 Å². The first-order valence-electron chi connectivity index (χ1n) is 7.23. The van der Waals surface area contributed by atoms with Crippen LogP contribution >= 0.6 is 0 Å². The van der Waals surface area contributed by atoms with Crippen LogP contribution in [0.4, 0.5) is 0 Å². The fourth-order valence-electron chi connectivity index (χ4n) is 2.29. The van der Waals surface area contributed by atoms with Crippen molar-refractivity contribution in [3.63, 3.8) is 0 Å². The number of benzene rings is 1. The molecule has 0 saturated carbocycles. The van der Waals surface area contributed by atoms with Crippen molar-refractivity contribution in [3.05, 3.63) is 77.9 Å². The van der Waals surface area contributed by atoms with Crippen molar-refractivity contribution in [3.8, 4) is 0 Å². The standard InChI is InChI=1S/C17H18N4O/c1-13(20-17(22)16-8-5-9-18-16)15-10-19-21(12-15)11-14-6-3-2-4-7-14/h2-10,12-13,18H,11H2,1H3,(H,20,22)/t13-/m0/s1. The molecule has 0 aliphatic carbocycles. The lowest BCUT2D eigenvalue weighted by atomic mass is 10.2. The molecular weight excluding hydrogens is 276 g/mol. The Hall–Kier alpha value is -2.82. The minimum absolute atomic E-state index is 0.0969. The zero-order valence-electron chi connectivity index (χ0n) is 12.4. The van der Waals surface area contributed by atoms with Gasteiger partial charge in [0, 0.05) is 18.0 Å². The molecule has 1 amide bonds. The first-order valence-corrected chi connectivity index (χ1v) is 7.23. The van der Waals surface area contributed by atoms with E-state index in [4.69, 9.17) is 0 Å². The molecule has 0 unspecified atom stereocenters. The van der Waals surface area contributed by atoms with Gasteiger partial charge in [-0.2, -0.15) is 5.10 Å². The van der Waals surface area contributed by atoms with Gasteiger partial charge >= 0.3 is 0 Å². The van der Waals surface area contributed by atoms with Gasteiger partial charge in [0.25, 0.3) is 5.91 Å². The fraction of sp³-hybridized carbons (Fsp3) is 0.176. The number of amides is 1.